The molecule has 164 valence electrons. The van der Waals surface area contributed by atoms with Crippen LogP contribution < -0.4 is 4.90 Å². The molecule has 2 aromatic carbocycles. The molecule has 1 aliphatic heterocycles. The van der Waals surface area contributed by atoms with Crippen molar-refractivity contribution in [1.82, 2.24) is 19.6 Å². The van der Waals surface area contributed by atoms with Crippen LogP contribution in [-0.4, -0.2) is 26.1 Å². The lowest BCUT2D eigenvalue weighted by atomic mass is 9.91. The third kappa shape index (κ3) is 3.05. The van der Waals surface area contributed by atoms with E-state index in [2.05, 4.69) is 40.2 Å². The molecule has 2 aliphatic rings. The molecule has 7 heteroatoms. The summed E-state index contributed by atoms with van der Waals surface area (Å²) < 4.78 is 31.0. The molecule has 0 saturated heterocycles. The van der Waals surface area contributed by atoms with E-state index in [0.717, 1.165) is 37.6 Å². The number of aromatic nitrogens is 4. The van der Waals surface area contributed by atoms with Gasteiger partial charge in [0.1, 0.15) is 23.3 Å². The SMILES string of the molecule is Cc1nnc2nc(N3CCCc4c(CCC5(C)CC5)cccc43)c3c(F)cc(F)cc3n12. The third-order valence-corrected chi connectivity index (χ3v) is 7.22. The van der Waals surface area contributed by atoms with Crippen molar-refractivity contribution in [2.24, 2.45) is 5.41 Å². The predicted molar refractivity (Wildman–Crippen MR) is 120 cm³/mol. The topological polar surface area (TPSA) is 46.3 Å². The van der Waals surface area contributed by atoms with E-state index in [1.165, 1.54) is 36.5 Å². The molecule has 1 aliphatic carbocycles. The summed E-state index contributed by atoms with van der Waals surface area (Å²) in [5, 5.41) is 8.54. The molecule has 6 rings (SSSR count). The van der Waals surface area contributed by atoms with Crippen LogP contribution in [0.4, 0.5) is 20.3 Å². The average molecular weight is 434 g/mol. The number of benzene rings is 2. The number of halogens is 2. The van der Waals surface area contributed by atoms with Crippen molar-refractivity contribution in [3.05, 3.63) is 58.9 Å². The Bertz CT molecular complexity index is 1370. The molecule has 1 fully saturated rings. The molecule has 0 spiro atoms. The zero-order valence-electron chi connectivity index (χ0n) is 18.3. The quantitative estimate of drug-likeness (QED) is 0.415. The van der Waals surface area contributed by atoms with Gasteiger partial charge in [-0.15, -0.1) is 10.2 Å². The van der Waals surface area contributed by atoms with Gasteiger partial charge in [0.25, 0.3) is 5.78 Å². The van der Waals surface area contributed by atoms with Crippen LogP contribution in [0.15, 0.2) is 30.3 Å². The highest BCUT2D eigenvalue weighted by Gasteiger charge is 2.36. The Balaban J connectivity index is 1.53. The highest BCUT2D eigenvalue weighted by molar-refractivity contribution is 5.94. The Morgan fingerprint density at radius 2 is 1.97 bits per heavy atom. The fourth-order valence-electron chi connectivity index (χ4n) is 5.06. The second-order valence-electron chi connectivity index (χ2n) is 9.58. The molecule has 4 aromatic rings. The Kier molecular flexibility index (Phi) is 4.26. The molecule has 1 saturated carbocycles. The van der Waals surface area contributed by atoms with Crippen LogP contribution in [0, 0.1) is 24.0 Å². The maximum atomic E-state index is 15.2. The molecule has 2 aromatic heterocycles. The molecule has 5 nitrogen and oxygen atoms in total. The average Bonchev–Trinajstić information content (AvgIpc) is 3.40. The molecule has 0 N–H and O–H groups in total. The second-order valence-corrected chi connectivity index (χ2v) is 9.58. The Labute approximate surface area is 185 Å². The van der Waals surface area contributed by atoms with Crippen LogP contribution >= 0.6 is 0 Å². The van der Waals surface area contributed by atoms with E-state index in [9.17, 15) is 4.39 Å². The van der Waals surface area contributed by atoms with E-state index < -0.39 is 11.6 Å². The Morgan fingerprint density at radius 1 is 1.12 bits per heavy atom. The number of aryl methyl sites for hydroxylation is 2. The van der Waals surface area contributed by atoms with Gasteiger partial charge in [0.15, 0.2) is 0 Å². The van der Waals surface area contributed by atoms with Crippen LogP contribution in [-0.2, 0) is 12.8 Å². The van der Waals surface area contributed by atoms with Crippen molar-refractivity contribution >= 4 is 28.2 Å². The van der Waals surface area contributed by atoms with Crippen molar-refractivity contribution in [3.8, 4) is 0 Å². The van der Waals surface area contributed by atoms with Gasteiger partial charge in [0.2, 0.25) is 0 Å². The van der Waals surface area contributed by atoms with E-state index >= 15 is 4.39 Å². The van der Waals surface area contributed by atoms with Gasteiger partial charge in [-0.3, -0.25) is 4.40 Å². The standard InChI is InChI=1S/C25H25F2N5/c1-15-29-30-24-28-23(22-19(27)13-17(26)14-21(22)32(15)24)31-12-4-6-18-16(5-3-7-20(18)31)8-9-25(2)10-11-25/h3,5,7,13-14H,4,6,8-12H2,1-2H3. The van der Waals surface area contributed by atoms with E-state index in [1.807, 2.05) is 0 Å². The summed E-state index contributed by atoms with van der Waals surface area (Å²) in [4.78, 5) is 6.79. The number of anilines is 2. The normalized spacial score (nSPS) is 17.2. The molecule has 0 unspecified atom stereocenters. The highest BCUT2D eigenvalue weighted by Crippen LogP contribution is 2.49. The molecule has 32 heavy (non-hydrogen) atoms. The zero-order chi connectivity index (χ0) is 22.0. The summed E-state index contributed by atoms with van der Waals surface area (Å²) in [6.45, 7) is 4.84. The fraction of sp³-hybridized carbons (Fsp3) is 0.400. The van der Waals surface area contributed by atoms with Crippen LogP contribution in [0.2, 0.25) is 0 Å². The first-order chi connectivity index (χ1) is 15.4. The van der Waals surface area contributed by atoms with Crippen molar-refractivity contribution in [2.75, 3.05) is 11.4 Å². The monoisotopic (exact) mass is 433 g/mol. The van der Waals surface area contributed by atoms with Gasteiger partial charge in [-0.2, -0.15) is 4.98 Å². The molecule has 0 bridgehead atoms. The Hall–Kier alpha value is -3.09. The van der Waals surface area contributed by atoms with Gasteiger partial charge >= 0.3 is 0 Å². The van der Waals surface area contributed by atoms with Gasteiger partial charge < -0.3 is 4.90 Å². The van der Waals surface area contributed by atoms with E-state index in [-0.39, 0.29) is 0 Å². The lowest BCUT2D eigenvalue weighted by Crippen LogP contribution is -2.27. The first-order valence-electron chi connectivity index (χ1n) is 11.3. The first kappa shape index (κ1) is 19.6. The van der Waals surface area contributed by atoms with Gasteiger partial charge in [-0.05, 0) is 74.1 Å². The summed E-state index contributed by atoms with van der Waals surface area (Å²) >= 11 is 0. The third-order valence-electron chi connectivity index (χ3n) is 7.22. The van der Waals surface area contributed by atoms with Crippen molar-refractivity contribution in [2.45, 2.75) is 52.4 Å². The van der Waals surface area contributed by atoms with Crippen molar-refractivity contribution in [3.63, 3.8) is 0 Å². The number of rotatable bonds is 4. The van der Waals surface area contributed by atoms with Crippen LogP contribution in [0.3, 0.4) is 0 Å². The van der Waals surface area contributed by atoms with Crippen LogP contribution in [0.5, 0.6) is 0 Å². The van der Waals surface area contributed by atoms with Gasteiger partial charge in [0.05, 0.1) is 10.9 Å². The first-order valence-corrected chi connectivity index (χ1v) is 11.3. The summed E-state index contributed by atoms with van der Waals surface area (Å²) in [5.74, 6) is 0.118. The van der Waals surface area contributed by atoms with E-state index in [4.69, 9.17) is 4.98 Å². The number of hydrogen-bond acceptors (Lipinski definition) is 4. The van der Waals surface area contributed by atoms with Crippen molar-refractivity contribution < 1.29 is 8.78 Å². The minimum Gasteiger partial charge on any atom is -0.325 e. The van der Waals surface area contributed by atoms with E-state index in [0.29, 0.717) is 33.7 Å². The minimum absolute atomic E-state index is 0.297. The second kappa shape index (κ2) is 6.95. The molecular formula is C25H25F2N5. The largest absolute Gasteiger partial charge is 0.325 e. The van der Waals surface area contributed by atoms with E-state index in [1.54, 1.807) is 11.3 Å². The molecule has 0 amide bonds. The summed E-state index contributed by atoms with van der Waals surface area (Å²) in [5.41, 5.74) is 4.65. The Morgan fingerprint density at radius 3 is 2.78 bits per heavy atom. The van der Waals surface area contributed by atoms with Crippen LogP contribution in [0.1, 0.15) is 49.6 Å². The molecular weight excluding hydrogens is 408 g/mol. The lowest BCUT2D eigenvalue weighted by Gasteiger charge is -2.32. The number of nitrogens with zero attached hydrogens (tertiary/aromatic N) is 5. The number of fused-ring (bicyclic) bond motifs is 4. The van der Waals surface area contributed by atoms with Crippen LogP contribution in [0.25, 0.3) is 16.7 Å². The lowest BCUT2D eigenvalue weighted by molar-refractivity contribution is 0.516. The number of hydrogen-bond donors (Lipinski definition) is 0. The maximum absolute atomic E-state index is 15.2. The summed E-state index contributed by atoms with van der Waals surface area (Å²) in [7, 11) is 0. The smallest absolute Gasteiger partial charge is 0.257 e. The summed E-state index contributed by atoms with van der Waals surface area (Å²) in [6, 6.07) is 8.66. The molecule has 0 atom stereocenters. The van der Waals surface area contributed by atoms with Crippen molar-refractivity contribution in [1.29, 1.82) is 0 Å². The van der Waals surface area contributed by atoms with Gasteiger partial charge in [-0.25, -0.2) is 8.78 Å². The minimum atomic E-state index is -0.628. The predicted octanol–water partition coefficient (Wildman–Crippen LogP) is 5.68. The molecule has 0 radical (unpaired) electrons. The zero-order valence-corrected chi connectivity index (χ0v) is 18.3. The van der Waals surface area contributed by atoms with Gasteiger partial charge in [0, 0.05) is 18.3 Å². The fourth-order valence-corrected chi connectivity index (χ4v) is 5.06. The maximum Gasteiger partial charge on any atom is 0.257 e. The molecule has 3 heterocycles. The highest BCUT2D eigenvalue weighted by atomic mass is 19.1. The van der Waals surface area contributed by atoms with Gasteiger partial charge in [-0.1, -0.05) is 19.1 Å². The summed E-state index contributed by atoms with van der Waals surface area (Å²) in [6.07, 6.45) is 6.84.